The lowest BCUT2D eigenvalue weighted by Gasteiger charge is -2.34. The number of aromatic nitrogens is 1. The van der Waals surface area contributed by atoms with E-state index in [0.29, 0.717) is 42.6 Å². The number of hydrogen-bond acceptors (Lipinski definition) is 4. The van der Waals surface area contributed by atoms with Gasteiger partial charge in [-0.15, -0.1) is 0 Å². The molecule has 3 aromatic rings. The fourth-order valence-electron chi connectivity index (χ4n) is 3.07. The molecular weight excluding hydrogens is 389 g/mol. The lowest BCUT2D eigenvalue weighted by atomic mass is 10.2. The molecule has 5 nitrogen and oxygen atoms in total. The molecule has 1 N–H and O–H groups in total. The molecule has 9 heteroatoms. The van der Waals surface area contributed by atoms with Gasteiger partial charge in [-0.2, -0.15) is 0 Å². The van der Waals surface area contributed by atoms with E-state index >= 15 is 0 Å². The normalized spacial score (nSPS) is 14.5. The van der Waals surface area contributed by atoms with Crippen molar-refractivity contribution in [3.8, 4) is 0 Å². The van der Waals surface area contributed by atoms with E-state index in [4.69, 9.17) is 0 Å². The maximum Gasteiger partial charge on any atom is 0.317 e. The number of fused-ring (bicyclic) bond motifs is 1. The van der Waals surface area contributed by atoms with Crippen molar-refractivity contribution in [1.82, 2.24) is 15.2 Å². The number of hydrogen-bond donors (Lipinski definition) is 1. The molecule has 2 aromatic carbocycles. The fraction of sp³-hybridized carbons (Fsp3) is 0.263. The van der Waals surface area contributed by atoms with Gasteiger partial charge >= 0.3 is 6.03 Å². The highest BCUT2D eigenvalue weighted by atomic mass is 32.1. The number of benzene rings is 2. The zero-order valence-corrected chi connectivity index (χ0v) is 15.6. The Labute approximate surface area is 163 Å². The van der Waals surface area contributed by atoms with Crippen LogP contribution < -0.4 is 10.2 Å². The van der Waals surface area contributed by atoms with Crippen molar-refractivity contribution in [1.29, 1.82) is 0 Å². The Hall–Kier alpha value is -2.81. The Morgan fingerprint density at radius 3 is 2.46 bits per heavy atom. The third-order valence-electron chi connectivity index (χ3n) is 4.60. The third-order valence-corrected chi connectivity index (χ3v) is 5.66. The summed E-state index contributed by atoms with van der Waals surface area (Å²) in [5.74, 6) is -1.61. The van der Waals surface area contributed by atoms with Crippen LogP contribution in [0.4, 0.5) is 23.1 Å². The van der Waals surface area contributed by atoms with Gasteiger partial charge in [0.25, 0.3) is 0 Å². The molecule has 1 saturated heterocycles. The average Bonchev–Trinajstić information content (AvgIpc) is 3.12. The topological polar surface area (TPSA) is 48.5 Å². The van der Waals surface area contributed by atoms with Crippen molar-refractivity contribution in [3.63, 3.8) is 0 Å². The molecular formula is C19H17F3N4OS. The molecule has 2 amide bonds. The van der Waals surface area contributed by atoms with Gasteiger partial charge in [-0.25, -0.2) is 22.9 Å². The van der Waals surface area contributed by atoms with Crippen molar-refractivity contribution >= 4 is 32.7 Å². The van der Waals surface area contributed by atoms with E-state index in [1.54, 1.807) is 17.0 Å². The van der Waals surface area contributed by atoms with Crippen LogP contribution in [0.15, 0.2) is 36.4 Å². The molecule has 1 aliphatic rings. The molecule has 1 fully saturated rings. The summed E-state index contributed by atoms with van der Waals surface area (Å²) in [6.45, 7) is 2.40. The van der Waals surface area contributed by atoms with E-state index in [-0.39, 0.29) is 17.4 Å². The number of piperazine rings is 1. The van der Waals surface area contributed by atoms with E-state index < -0.39 is 11.6 Å². The average molecular weight is 406 g/mol. The van der Waals surface area contributed by atoms with E-state index in [1.807, 2.05) is 4.90 Å². The standard InChI is InChI=1S/C19H17F3N4OS/c20-13-3-1-12(2-4-13)11-23-18(27)25-5-7-26(8-6-25)19-24-17-15(22)9-14(21)10-16(17)28-19/h1-4,9-10H,5-8,11H2,(H,23,27). The summed E-state index contributed by atoms with van der Waals surface area (Å²) in [4.78, 5) is 20.3. The van der Waals surface area contributed by atoms with Gasteiger partial charge in [-0.05, 0) is 23.8 Å². The monoisotopic (exact) mass is 406 g/mol. The lowest BCUT2D eigenvalue weighted by molar-refractivity contribution is 0.194. The Morgan fingerprint density at radius 2 is 1.75 bits per heavy atom. The first-order valence-electron chi connectivity index (χ1n) is 8.77. The molecule has 0 unspecified atom stereocenters. The number of anilines is 1. The van der Waals surface area contributed by atoms with Crippen LogP contribution in [0.1, 0.15) is 5.56 Å². The Kier molecular flexibility index (Phi) is 5.08. The van der Waals surface area contributed by atoms with Gasteiger partial charge < -0.3 is 15.1 Å². The maximum atomic E-state index is 13.8. The van der Waals surface area contributed by atoms with Crippen LogP contribution in [0.3, 0.4) is 0 Å². The predicted molar refractivity (Wildman–Crippen MR) is 102 cm³/mol. The van der Waals surface area contributed by atoms with Gasteiger partial charge in [0, 0.05) is 38.8 Å². The van der Waals surface area contributed by atoms with Crippen molar-refractivity contribution < 1.29 is 18.0 Å². The third kappa shape index (κ3) is 3.89. The van der Waals surface area contributed by atoms with E-state index in [0.717, 1.165) is 11.6 Å². The zero-order chi connectivity index (χ0) is 19.7. The number of thiazole rings is 1. The van der Waals surface area contributed by atoms with Gasteiger partial charge in [0.05, 0.1) is 4.70 Å². The molecule has 28 heavy (non-hydrogen) atoms. The number of urea groups is 1. The molecule has 2 heterocycles. The highest BCUT2D eigenvalue weighted by Crippen LogP contribution is 2.31. The lowest BCUT2D eigenvalue weighted by Crippen LogP contribution is -2.51. The quantitative estimate of drug-likeness (QED) is 0.721. The fourth-order valence-corrected chi connectivity index (χ4v) is 4.13. The van der Waals surface area contributed by atoms with Crippen molar-refractivity contribution in [2.45, 2.75) is 6.54 Å². The minimum absolute atomic E-state index is 0.167. The summed E-state index contributed by atoms with van der Waals surface area (Å²) >= 11 is 1.24. The van der Waals surface area contributed by atoms with E-state index in [9.17, 15) is 18.0 Å². The molecule has 0 atom stereocenters. The number of nitrogens with zero attached hydrogens (tertiary/aromatic N) is 3. The van der Waals surface area contributed by atoms with Crippen LogP contribution in [-0.4, -0.2) is 42.1 Å². The van der Waals surface area contributed by atoms with Crippen LogP contribution in [0, 0.1) is 17.5 Å². The second-order valence-electron chi connectivity index (χ2n) is 6.49. The van der Waals surface area contributed by atoms with Crippen LogP contribution in [0.2, 0.25) is 0 Å². The zero-order valence-electron chi connectivity index (χ0n) is 14.8. The summed E-state index contributed by atoms with van der Waals surface area (Å²) in [6, 6.07) is 7.88. The highest BCUT2D eigenvalue weighted by Gasteiger charge is 2.23. The van der Waals surface area contributed by atoms with Crippen molar-refractivity contribution in [2.75, 3.05) is 31.1 Å². The molecule has 0 saturated carbocycles. The van der Waals surface area contributed by atoms with Crippen LogP contribution >= 0.6 is 11.3 Å². The number of rotatable bonds is 3. The van der Waals surface area contributed by atoms with Gasteiger partial charge in [0.1, 0.15) is 17.2 Å². The number of carbonyl (C=O) groups is 1. The summed E-state index contributed by atoms with van der Waals surface area (Å²) in [5.41, 5.74) is 0.984. The highest BCUT2D eigenvalue weighted by molar-refractivity contribution is 7.22. The van der Waals surface area contributed by atoms with E-state index in [1.165, 1.54) is 29.5 Å². The molecule has 0 spiro atoms. The predicted octanol–water partition coefficient (Wildman–Crippen LogP) is 3.75. The van der Waals surface area contributed by atoms with Crippen LogP contribution in [-0.2, 0) is 6.54 Å². The maximum absolute atomic E-state index is 13.8. The first-order valence-corrected chi connectivity index (χ1v) is 9.59. The SMILES string of the molecule is O=C(NCc1ccc(F)cc1)N1CCN(c2nc3c(F)cc(F)cc3s2)CC1. The van der Waals surface area contributed by atoms with Crippen molar-refractivity contribution in [2.24, 2.45) is 0 Å². The first kappa shape index (κ1) is 18.5. The molecule has 1 aliphatic heterocycles. The first-order chi connectivity index (χ1) is 13.5. The van der Waals surface area contributed by atoms with Gasteiger partial charge in [0.2, 0.25) is 0 Å². The molecule has 1 aromatic heterocycles. The Bertz CT molecular complexity index is 1000. The molecule has 4 rings (SSSR count). The van der Waals surface area contributed by atoms with Crippen LogP contribution in [0.5, 0.6) is 0 Å². The largest absolute Gasteiger partial charge is 0.345 e. The van der Waals surface area contributed by atoms with Crippen molar-refractivity contribution in [3.05, 3.63) is 59.4 Å². The molecule has 0 aliphatic carbocycles. The summed E-state index contributed by atoms with van der Waals surface area (Å²) in [6.07, 6.45) is 0. The van der Waals surface area contributed by atoms with Gasteiger partial charge in [-0.3, -0.25) is 0 Å². The second kappa shape index (κ2) is 7.67. The van der Waals surface area contributed by atoms with Gasteiger partial charge in [0.15, 0.2) is 10.9 Å². The number of carbonyl (C=O) groups excluding carboxylic acids is 1. The number of nitrogens with one attached hydrogen (secondary N) is 1. The summed E-state index contributed by atoms with van der Waals surface area (Å²) in [5, 5.41) is 3.44. The number of amides is 2. The molecule has 0 bridgehead atoms. The Morgan fingerprint density at radius 1 is 1.04 bits per heavy atom. The smallest absolute Gasteiger partial charge is 0.317 e. The minimum Gasteiger partial charge on any atom is -0.345 e. The van der Waals surface area contributed by atoms with E-state index in [2.05, 4.69) is 10.3 Å². The molecule has 0 radical (unpaired) electrons. The number of halogens is 3. The summed E-state index contributed by atoms with van der Waals surface area (Å²) in [7, 11) is 0. The van der Waals surface area contributed by atoms with Crippen LogP contribution in [0.25, 0.3) is 10.2 Å². The molecule has 146 valence electrons. The summed E-state index contributed by atoms with van der Waals surface area (Å²) < 4.78 is 40.6. The van der Waals surface area contributed by atoms with Gasteiger partial charge in [-0.1, -0.05) is 23.5 Å². The second-order valence-corrected chi connectivity index (χ2v) is 7.50. The Balaban J connectivity index is 1.34. The minimum atomic E-state index is -0.670.